The van der Waals surface area contributed by atoms with Crippen molar-refractivity contribution >= 4 is 29.5 Å². The van der Waals surface area contributed by atoms with Crippen LogP contribution in [0.5, 0.6) is 11.5 Å². The molecule has 3 aromatic rings. The predicted molar refractivity (Wildman–Crippen MR) is 127 cm³/mol. The van der Waals surface area contributed by atoms with E-state index in [1.54, 1.807) is 42.5 Å². The molecular weight excluding hydrogens is 470 g/mol. The Kier molecular flexibility index (Phi) is 8.60. The first-order valence-electron chi connectivity index (χ1n) is 10.6. The summed E-state index contributed by atoms with van der Waals surface area (Å²) in [5, 5.41) is 12.3. The molecule has 0 heterocycles. The maximum absolute atomic E-state index is 13.3. The average Bonchev–Trinajstić information content (AvgIpc) is 2.91. The second-order valence-electron chi connectivity index (χ2n) is 7.28. The van der Waals surface area contributed by atoms with Crippen molar-refractivity contribution < 1.29 is 43.2 Å². The van der Waals surface area contributed by atoms with Gasteiger partial charge in [0.15, 0.2) is 0 Å². The van der Waals surface area contributed by atoms with Gasteiger partial charge in [0, 0.05) is 6.07 Å². The first kappa shape index (κ1) is 25.8. The third-order valence-electron chi connectivity index (χ3n) is 4.93. The highest BCUT2D eigenvalue weighted by Gasteiger charge is 2.41. The Morgan fingerprint density at radius 1 is 0.722 bits per heavy atom. The van der Waals surface area contributed by atoms with Crippen LogP contribution in [0.25, 0.3) is 0 Å². The van der Waals surface area contributed by atoms with Crippen LogP contribution in [0.4, 0.5) is 5.69 Å². The summed E-state index contributed by atoms with van der Waals surface area (Å²) in [5.74, 6) is -4.18. The molecule has 0 fully saturated rings. The van der Waals surface area contributed by atoms with E-state index in [4.69, 9.17) is 18.9 Å². The van der Waals surface area contributed by atoms with Crippen molar-refractivity contribution in [1.82, 2.24) is 0 Å². The number of rotatable bonds is 10. The van der Waals surface area contributed by atoms with E-state index in [0.717, 1.165) is 0 Å². The van der Waals surface area contributed by atoms with Crippen LogP contribution in [0.2, 0.25) is 0 Å². The van der Waals surface area contributed by atoms with Gasteiger partial charge >= 0.3 is 17.9 Å². The Balaban J connectivity index is 1.95. The smallest absolute Gasteiger partial charge is 0.349 e. The molecular formula is C26H23NO9. The molecule has 2 atom stereocenters. The number of carboxylic acids is 1. The molecule has 36 heavy (non-hydrogen) atoms. The van der Waals surface area contributed by atoms with E-state index in [9.17, 15) is 24.3 Å². The number of anilines is 1. The molecule has 0 spiro atoms. The molecule has 0 aromatic heterocycles. The summed E-state index contributed by atoms with van der Waals surface area (Å²) >= 11 is 0. The molecule has 10 nitrogen and oxygen atoms in total. The van der Waals surface area contributed by atoms with Crippen molar-refractivity contribution in [3.8, 4) is 11.5 Å². The highest BCUT2D eigenvalue weighted by Crippen LogP contribution is 2.29. The van der Waals surface area contributed by atoms with Crippen molar-refractivity contribution in [3.05, 3.63) is 90.0 Å². The van der Waals surface area contributed by atoms with Gasteiger partial charge in [-0.2, -0.15) is 0 Å². The molecule has 0 aliphatic heterocycles. The minimum atomic E-state index is -2.16. The average molecular weight is 493 g/mol. The lowest BCUT2D eigenvalue weighted by atomic mass is 10.1. The predicted octanol–water partition coefficient (Wildman–Crippen LogP) is 3.18. The van der Waals surface area contributed by atoms with E-state index in [1.807, 2.05) is 0 Å². The second-order valence-corrected chi connectivity index (χ2v) is 7.28. The number of carboxylic acid groups (broad SMARTS) is 1. The largest absolute Gasteiger partial charge is 0.497 e. The molecule has 0 saturated carbocycles. The summed E-state index contributed by atoms with van der Waals surface area (Å²) in [4.78, 5) is 50.7. The summed E-state index contributed by atoms with van der Waals surface area (Å²) in [6.07, 6.45) is -4.22. The van der Waals surface area contributed by atoms with Crippen LogP contribution in [0.15, 0.2) is 78.9 Å². The number of nitrogens with one attached hydrogen (secondary N) is 1. The zero-order chi connectivity index (χ0) is 26.1. The van der Waals surface area contributed by atoms with Gasteiger partial charge in [0.25, 0.3) is 5.91 Å². The highest BCUT2D eigenvalue weighted by atomic mass is 16.6. The number of hydrogen-bond acceptors (Lipinski definition) is 8. The van der Waals surface area contributed by atoms with Crippen LogP contribution in [-0.4, -0.2) is 55.3 Å². The van der Waals surface area contributed by atoms with Gasteiger partial charge in [-0.1, -0.05) is 36.4 Å². The molecule has 0 bridgehead atoms. The Morgan fingerprint density at radius 2 is 1.25 bits per heavy atom. The number of aliphatic carboxylic acids is 1. The molecule has 3 rings (SSSR count). The summed E-state index contributed by atoms with van der Waals surface area (Å²) in [7, 11) is 2.79. The van der Waals surface area contributed by atoms with Gasteiger partial charge in [0.1, 0.15) is 11.5 Å². The summed E-state index contributed by atoms with van der Waals surface area (Å²) in [5.41, 5.74) is 0.223. The minimum Gasteiger partial charge on any atom is -0.497 e. The standard InChI is InChI=1S/C26H23NO9/c1-33-18-13-14-20(34-2)19(15-18)27-23(28)21(35-25(31)16-9-5-3-6-10-16)22(24(29)30)36-26(32)17-11-7-4-8-12-17/h3-15,21-22H,1-2H3,(H,27,28)(H,29,30)/t21-,22+/m1/s1. The fraction of sp³-hybridized carbons (Fsp3) is 0.154. The van der Waals surface area contributed by atoms with Crippen molar-refractivity contribution in [2.24, 2.45) is 0 Å². The molecule has 186 valence electrons. The number of esters is 2. The quantitative estimate of drug-likeness (QED) is 0.408. The summed E-state index contributed by atoms with van der Waals surface area (Å²) in [6, 6.07) is 19.8. The maximum Gasteiger partial charge on any atom is 0.349 e. The lowest BCUT2D eigenvalue weighted by Gasteiger charge is -2.24. The number of carbonyl (C=O) groups is 4. The molecule has 0 unspecified atom stereocenters. The summed E-state index contributed by atoms with van der Waals surface area (Å²) < 4.78 is 20.8. The molecule has 3 aromatic carbocycles. The third-order valence-corrected chi connectivity index (χ3v) is 4.93. The van der Waals surface area contributed by atoms with Gasteiger partial charge in [-0.15, -0.1) is 0 Å². The van der Waals surface area contributed by atoms with Crippen molar-refractivity contribution in [1.29, 1.82) is 0 Å². The fourth-order valence-electron chi connectivity index (χ4n) is 3.13. The van der Waals surface area contributed by atoms with E-state index in [1.165, 1.54) is 50.6 Å². The lowest BCUT2D eigenvalue weighted by molar-refractivity contribution is -0.157. The van der Waals surface area contributed by atoms with Crippen LogP contribution >= 0.6 is 0 Å². The van der Waals surface area contributed by atoms with E-state index in [2.05, 4.69) is 5.32 Å². The van der Waals surface area contributed by atoms with E-state index < -0.39 is 36.0 Å². The van der Waals surface area contributed by atoms with Crippen LogP contribution in [-0.2, 0) is 19.1 Å². The van der Waals surface area contributed by atoms with E-state index in [-0.39, 0.29) is 22.6 Å². The molecule has 0 aliphatic rings. The van der Waals surface area contributed by atoms with Gasteiger partial charge in [0.05, 0.1) is 31.0 Å². The van der Waals surface area contributed by atoms with Crippen LogP contribution < -0.4 is 14.8 Å². The zero-order valence-electron chi connectivity index (χ0n) is 19.4. The van der Waals surface area contributed by atoms with Crippen LogP contribution in [0.1, 0.15) is 20.7 Å². The van der Waals surface area contributed by atoms with Gasteiger partial charge < -0.3 is 29.4 Å². The monoisotopic (exact) mass is 493 g/mol. The first-order valence-corrected chi connectivity index (χ1v) is 10.6. The van der Waals surface area contributed by atoms with Gasteiger partial charge in [-0.3, -0.25) is 4.79 Å². The summed E-state index contributed by atoms with van der Waals surface area (Å²) in [6.45, 7) is 0. The number of hydrogen-bond donors (Lipinski definition) is 2. The molecule has 0 aliphatic carbocycles. The number of ether oxygens (including phenoxy) is 4. The minimum absolute atomic E-state index is 0.0479. The Morgan fingerprint density at radius 3 is 1.72 bits per heavy atom. The first-order chi connectivity index (χ1) is 17.3. The van der Waals surface area contributed by atoms with Gasteiger partial charge in [-0.05, 0) is 36.4 Å². The van der Waals surface area contributed by atoms with Crippen LogP contribution in [0, 0.1) is 0 Å². The Hall–Kier alpha value is -4.86. The highest BCUT2D eigenvalue weighted by molar-refractivity contribution is 6.02. The normalized spacial score (nSPS) is 11.9. The zero-order valence-corrected chi connectivity index (χ0v) is 19.4. The fourth-order valence-corrected chi connectivity index (χ4v) is 3.13. The second kappa shape index (κ2) is 12.0. The van der Waals surface area contributed by atoms with E-state index >= 15 is 0 Å². The number of carbonyl (C=O) groups excluding carboxylic acids is 3. The molecule has 1 amide bonds. The molecule has 2 N–H and O–H groups in total. The van der Waals surface area contributed by atoms with Crippen molar-refractivity contribution in [2.75, 3.05) is 19.5 Å². The Labute approximate surface area is 206 Å². The Bertz CT molecular complexity index is 1230. The molecule has 0 radical (unpaired) electrons. The number of amides is 1. The lowest BCUT2D eigenvalue weighted by Crippen LogP contribution is -2.48. The number of methoxy groups -OCH3 is 2. The topological polar surface area (TPSA) is 137 Å². The maximum atomic E-state index is 13.3. The SMILES string of the molecule is COc1ccc(OC)c(NC(=O)[C@H](OC(=O)c2ccccc2)[C@H](OC(=O)c2ccccc2)C(=O)O)c1. The van der Waals surface area contributed by atoms with Crippen molar-refractivity contribution in [2.45, 2.75) is 12.2 Å². The van der Waals surface area contributed by atoms with Crippen LogP contribution in [0.3, 0.4) is 0 Å². The van der Waals surface area contributed by atoms with Gasteiger partial charge in [0.2, 0.25) is 12.2 Å². The molecule has 0 saturated heterocycles. The molecule has 10 heteroatoms. The van der Waals surface area contributed by atoms with Gasteiger partial charge in [-0.25, -0.2) is 14.4 Å². The van der Waals surface area contributed by atoms with E-state index in [0.29, 0.717) is 5.75 Å². The van der Waals surface area contributed by atoms with Crippen molar-refractivity contribution in [3.63, 3.8) is 0 Å². The number of benzene rings is 3. The third kappa shape index (κ3) is 6.38.